The number of aromatic amines is 1. The minimum Gasteiger partial charge on any atom is -0.369 e. The molecule has 0 amide bonds. The molecule has 0 saturated carbocycles. The zero-order valence-corrected chi connectivity index (χ0v) is 10.0. The summed E-state index contributed by atoms with van der Waals surface area (Å²) in [6.07, 6.45) is 0.0425. The topological polar surface area (TPSA) is 190 Å². The Balaban J connectivity index is 3.19. The van der Waals surface area contributed by atoms with E-state index in [1.807, 2.05) is 0 Å². The normalized spacial score (nSPS) is 13.9. The standard InChI is InChI=1S/C5H11N3O7P2/c6-4-7-2-3(8-4)1-5(9,16(10,11)12)17(13,14)15/h2,9H,1H2,(H3,6,7,8)(H2,10,11,12)(H2,13,14,15). The quantitative estimate of drug-likeness (QED) is 0.324. The van der Waals surface area contributed by atoms with Crippen molar-refractivity contribution in [1.29, 1.82) is 0 Å². The molecular weight excluding hydrogens is 276 g/mol. The second-order valence-electron chi connectivity index (χ2n) is 3.32. The number of imidazole rings is 1. The zero-order valence-electron chi connectivity index (χ0n) is 8.26. The van der Waals surface area contributed by atoms with Crippen LogP contribution in [0.2, 0.25) is 0 Å². The number of hydrogen-bond donors (Lipinski definition) is 7. The molecule has 1 rings (SSSR count). The van der Waals surface area contributed by atoms with Crippen LogP contribution in [0.15, 0.2) is 6.20 Å². The van der Waals surface area contributed by atoms with Gasteiger partial charge in [-0.15, -0.1) is 0 Å². The van der Waals surface area contributed by atoms with Crippen LogP contribution in [-0.2, 0) is 15.6 Å². The van der Waals surface area contributed by atoms with Crippen LogP contribution in [0.5, 0.6) is 0 Å². The summed E-state index contributed by atoms with van der Waals surface area (Å²) in [5, 5.41) is 6.01. The SMILES string of the molecule is Nc1nc(CC(O)(P(=O)(O)O)P(=O)(O)O)c[nH]1. The first kappa shape index (κ1) is 14.3. The maximum absolute atomic E-state index is 11.0. The Bertz CT molecular complexity index is 479. The number of aliphatic hydroxyl groups is 1. The highest BCUT2D eigenvalue weighted by molar-refractivity contribution is 7.72. The minimum absolute atomic E-state index is 0.112. The highest BCUT2D eigenvalue weighted by Gasteiger charge is 2.59. The van der Waals surface area contributed by atoms with Gasteiger partial charge in [-0.1, -0.05) is 0 Å². The molecule has 0 aliphatic heterocycles. The predicted octanol–water partition coefficient (Wildman–Crippen LogP) is -1.46. The van der Waals surface area contributed by atoms with E-state index in [0.717, 1.165) is 6.20 Å². The van der Waals surface area contributed by atoms with Crippen molar-refractivity contribution in [3.05, 3.63) is 11.9 Å². The average molecular weight is 287 g/mol. The Labute approximate surface area is 94.8 Å². The van der Waals surface area contributed by atoms with Gasteiger partial charge in [0.1, 0.15) is 0 Å². The van der Waals surface area contributed by atoms with Crippen LogP contribution >= 0.6 is 15.2 Å². The van der Waals surface area contributed by atoms with Crippen molar-refractivity contribution in [2.24, 2.45) is 0 Å². The zero-order chi connectivity index (χ0) is 13.5. The Morgan fingerprint density at radius 2 is 1.76 bits per heavy atom. The first-order chi connectivity index (χ1) is 7.47. The summed E-state index contributed by atoms with van der Waals surface area (Å²) in [5.74, 6) is -0.112. The van der Waals surface area contributed by atoms with Crippen molar-refractivity contribution >= 4 is 21.1 Å². The molecule has 17 heavy (non-hydrogen) atoms. The fraction of sp³-hybridized carbons (Fsp3) is 0.400. The van der Waals surface area contributed by atoms with Crippen molar-refractivity contribution in [3.63, 3.8) is 0 Å². The average Bonchev–Trinajstić information content (AvgIpc) is 2.47. The fourth-order valence-corrected chi connectivity index (χ4v) is 3.18. The molecule has 0 fully saturated rings. The molecule has 98 valence electrons. The van der Waals surface area contributed by atoms with Crippen LogP contribution < -0.4 is 5.73 Å². The second-order valence-corrected chi connectivity index (χ2v) is 7.32. The molecule has 0 aliphatic rings. The fourth-order valence-electron chi connectivity index (χ4n) is 1.09. The summed E-state index contributed by atoms with van der Waals surface area (Å²) in [6.45, 7) is 0. The van der Waals surface area contributed by atoms with Gasteiger partial charge in [0.2, 0.25) is 0 Å². The number of rotatable bonds is 4. The molecule has 1 heterocycles. The molecule has 1 aromatic heterocycles. The number of nitrogens with two attached hydrogens (primary N) is 1. The molecule has 0 aromatic carbocycles. The van der Waals surface area contributed by atoms with Crippen molar-refractivity contribution < 1.29 is 33.8 Å². The molecule has 0 saturated heterocycles. The highest BCUT2D eigenvalue weighted by atomic mass is 31.2. The van der Waals surface area contributed by atoms with Gasteiger partial charge < -0.3 is 35.4 Å². The number of nitrogens with zero attached hydrogens (tertiary/aromatic N) is 1. The van der Waals surface area contributed by atoms with Crippen LogP contribution in [0.3, 0.4) is 0 Å². The van der Waals surface area contributed by atoms with Crippen molar-refractivity contribution in [3.8, 4) is 0 Å². The molecule has 0 spiro atoms. The third-order valence-corrected chi connectivity index (χ3v) is 5.75. The van der Waals surface area contributed by atoms with E-state index < -0.39 is 26.7 Å². The molecular formula is C5H11N3O7P2. The first-order valence-electron chi connectivity index (χ1n) is 4.11. The molecule has 10 nitrogen and oxygen atoms in total. The molecule has 0 radical (unpaired) electrons. The maximum atomic E-state index is 11.0. The smallest absolute Gasteiger partial charge is 0.369 e. The summed E-state index contributed by atoms with van der Waals surface area (Å²) in [6, 6.07) is 0. The number of hydrogen-bond acceptors (Lipinski definition) is 5. The van der Waals surface area contributed by atoms with Gasteiger partial charge in [0.25, 0.3) is 5.08 Å². The van der Waals surface area contributed by atoms with E-state index in [-0.39, 0.29) is 11.6 Å². The van der Waals surface area contributed by atoms with Crippen LogP contribution in [0.1, 0.15) is 5.69 Å². The number of H-pyrrole nitrogens is 1. The summed E-state index contributed by atoms with van der Waals surface area (Å²) in [7, 11) is -10.9. The summed E-state index contributed by atoms with van der Waals surface area (Å²) in [4.78, 5) is 41.2. The Kier molecular flexibility index (Phi) is 3.52. The van der Waals surface area contributed by atoms with E-state index in [9.17, 15) is 14.2 Å². The molecule has 12 heteroatoms. The van der Waals surface area contributed by atoms with E-state index in [2.05, 4.69) is 9.97 Å². The van der Waals surface area contributed by atoms with Crippen LogP contribution in [0, 0.1) is 0 Å². The van der Waals surface area contributed by atoms with Gasteiger partial charge in [-0.2, -0.15) is 0 Å². The number of anilines is 1. The summed E-state index contributed by atoms with van der Waals surface area (Å²) >= 11 is 0. The molecule has 8 N–H and O–H groups in total. The summed E-state index contributed by atoms with van der Waals surface area (Å²) in [5.41, 5.74) is 5.00. The van der Waals surface area contributed by atoms with E-state index in [1.165, 1.54) is 0 Å². The van der Waals surface area contributed by atoms with Gasteiger partial charge in [-0.05, 0) is 0 Å². The third-order valence-electron chi connectivity index (χ3n) is 2.00. The summed E-state index contributed by atoms with van der Waals surface area (Å²) < 4.78 is 22.0. The van der Waals surface area contributed by atoms with Crippen molar-refractivity contribution in [1.82, 2.24) is 9.97 Å². The van der Waals surface area contributed by atoms with Crippen molar-refractivity contribution in [2.75, 3.05) is 5.73 Å². The van der Waals surface area contributed by atoms with Crippen LogP contribution in [0.4, 0.5) is 5.95 Å². The van der Waals surface area contributed by atoms with E-state index in [0.29, 0.717) is 0 Å². The van der Waals surface area contributed by atoms with Gasteiger partial charge in [0, 0.05) is 12.6 Å². The molecule has 0 atom stereocenters. The van der Waals surface area contributed by atoms with E-state index >= 15 is 0 Å². The molecule has 0 aliphatic carbocycles. The second kappa shape index (κ2) is 4.18. The van der Waals surface area contributed by atoms with Crippen molar-refractivity contribution in [2.45, 2.75) is 11.5 Å². The lowest BCUT2D eigenvalue weighted by Gasteiger charge is -2.28. The van der Waals surface area contributed by atoms with Crippen LogP contribution in [0.25, 0.3) is 0 Å². The number of nitrogens with one attached hydrogen (secondary N) is 1. The molecule has 1 aromatic rings. The monoisotopic (exact) mass is 287 g/mol. The van der Waals surface area contributed by atoms with E-state index in [4.69, 9.17) is 25.3 Å². The Morgan fingerprint density at radius 3 is 2.06 bits per heavy atom. The van der Waals surface area contributed by atoms with Gasteiger partial charge in [-0.25, -0.2) is 4.98 Å². The number of nitrogen functional groups attached to an aromatic ring is 1. The first-order valence-corrected chi connectivity index (χ1v) is 7.33. The van der Waals surface area contributed by atoms with Crippen LogP contribution in [-0.4, -0.2) is 39.7 Å². The molecule has 0 unspecified atom stereocenters. The van der Waals surface area contributed by atoms with Gasteiger partial charge >= 0.3 is 15.2 Å². The van der Waals surface area contributed by atoms with Gasteiger partial charge in [0.05, 0.1) is 5.69 Å². The lowest BCUT2D eigenvalue weighted by Crippen LogP contribution is -2.31. The lowest BCUT2D eigenvalue weighted by atomic mass is 10.3. The Hall–Kier alpha value is -0.730. The predicted molar refractivity (Wildman–Crippen MR) is 55.7 cm³/mol. The van der Waals surface area contributed by atoms with Gasteiger partial charge in [0.15, 0.2) is 5.95 Å². The third kappa shape index (κ3) is 2.75. The maximum Gasteiger partial charge on any atom is 0.369 e. The lowest BCUT2D eigenvalue weighted by molar-refractivity contribution is 0.130. The number of aromatic nitrogens is 2. The highest BCUT2D eigenvalue weighted by Crippen LogP contribution is 2.68. The molecule has 0 bridgehead atoms. The van der Waals surface area contributed by atoms with E-state index in [1.54, 1.807) is 0 Å². The van der Waals surface area contributed by atoms with Gasteiger partial charge in [-0.3, -0.25) is 9.13 Å². The minimum atomic E-state index is -5.47. The largest absolute Gasteiger partial charge is 0.369 e. The Morgan fingerprint density at radius 1 is 1.29 bits per heavy atom.